The lowest BCUT2D eigenvalue weighted by Gasteiger charge is -2.25. The van der Waals surface area contributed by atoms with Crippen molar-refractivity contribution >= 4 is 15.8 Å². The quantitative estimate of drug-likeness (QED) is 0.786. The average Bonchev–Trinajstić information content (AvgIpc) is 2.33. The fourth-order valence-electron chi connectivity index (χ4n) is 2.27. The van der Waals surface area contributed by atoms with Crippen LogP contribution in [0.3, 0.4) is 0 Å². The summed E-state index contributed by atoms with van der Waals surface area (Å²) in [5.74, 6) is -0.183. The number of hydrogen-bond donors (Lipinski definition) is 1. The van der Waals surface area contributed by atoms with E-state index in [2.05, 4.69) is 44.7 Å². The first kappa shape index (κ1) is 17.0. The lowest BCUT2D eigenvalue weighted by molar-refractivity contribution is 0.481. The summed E-state index contributed by atoms with van der Waals surface area (Å²) in [5, 5.41) is 0. The molecule has 0 bridgehead atoms. The van der Waals surface area contributed by atoms with Crippen LogP contribution in [0, 0.1) is 20.8 Å². The van der Waals surface area contributed by atoms with Crippen LogP contribution < -0.4 is 4.90 Å². The second kappa shape index (κ2) is 7.09. The number of rotatable bonds is 7. The Morgan fingerprint density at radius 2 is 1.65 bits per heavy atom. The Labute approximate surface area is 122 Å². The molecule has 0 aliphatic rings. The molecule has 0 aliphatic heterocycles. The van der Waals surface area contributed by atoms with E-state index in [4.69, 9.17) is 4.55 Å². The molecule has 1 aromatic carbocycles. The van der Waals surface area contributed by atoms with Crippen LogP contribution in [-0.4, -0.2) is 31.8 Å². The minimum atomic E-state index is -3.87. The Balaban J connectivity index is 2.85. The first-order valence-electron chi connectivity index (χ1n) is 7.02. The number of hydrogen-bond acceptors (Lipinski definition) is 3. The van der Waals surface area contributed by atoms with Gasteiger partial charge in [0.05, 0.1) is 5.75 Å². The highest BCUT2D eigenvalue weighted by atomic mass is 32.2. The van der Waals surface area contributed by atoms with Crippen molar-refractivity contribution < 1.29 is 13.0 Å². The molecule has 1 rings (SSSR count). The maximum absolute atomic E-state index is 10.8. The van der Waals surface area contributed by atoms with E-state index in [1.54, 1.807) is 0 Å². The van der Waals surface area contributed by atoms with E-state index in [0.29, 0.717) is 13.0 Å². The molecule has 1 N–H and O–H groups in total. The van der Waals surface area contributed by atoms with Gasteiger partial charge in [-0.05, 0) is 62.4 Å². The van der Waals surface area contributed by atoms with Gasteiger partial charge in [0.25, 0.3) is 10.1 Å². The van der Waals surface area contributed by atoms with E-state index in [-0.39, 0.29) is 5.75 Å². The zero-order chi connectivity index (χ0) is 15.3. The molecule has 0 aliphatic carbocycles. The Morgan fingerprint density at radius 1 is 1.10 bits per heavy atom. The molecule has 0 unspecified atom stereocenters. The van der Waals surface area contributed by atoms with Crippen molar-refractivity contribution in [2.45, 2.75) is 40.5 Å². The highest BCUT2D eigenvalue weighted by Crippen LogP contribution is 2.23. The van der Waals surface area contributed by atoms with E-state index in [9.17, 15) is 8.42 Å². The number of benzene rings is 1. The largest absolute Gasteiger partial charge is 0.371 e. The highest BCUT2D eigenvalue weighted by molar-refractivity contribution is 7.85. The van der Waals surface area contributed by atoms with Crippen molar-refractivity contribution in [3.8, 4) is 0 Å². The summed E-state index contributed by atoms with van der Waals surface area (Å²) in [6.07, 6.45) is 1.43. The molecule has 0 aromatic heterocycles. The lowest BCUT2D eigenvalue weighted by atomic mass is 10.0. The second-order valence-electron chi connectivity index (χ2n) is 5.33. The monoisotopic (exact) mass is 299 g/mol. The van der Waals surface area contributed by atoms with Crippen molar-refractivity contribution in [2.24, 2.45) is 0 Å². The van der Waals surface area contributed by atoms with Gasteiger partial charge in [0, 0.05) is 18.8 Å². The fourth-order valence-corrected chi connectivity index (χ4v) is 2.77. The third kappa shape index (κ3) is 5.13. The molecular formula is C15H25NO3S. The Kier molecular flexibility index (Phi) is 6.02. The Morgan fingerprint density at radius 3 is 2.10 bits per heavy atom. The van der Waals surface area contributed by atoms with Crippen molar-refractivity contribution in [2.75, 3.05) is 23.7 Å². The molecule has 0 heterocycles. The van der Waals surface area contributed by atoms with Crippen LogP contribution in [0.15, 0.2) is 12.1 Å². The molecule has 0 fully saturated rings. The molecule has 0 saturated heterocycles. The summed E-state index contributed by atoms with van der Waals surface area (Å²) >= 11 is 0. The molecule has 4 nitrogen and oxygen atoms in total. The summed E-state index contributed by atoms with van der Waals surface area (Å²) in [5.41, 5.74) is 4.91. The van der Waals surface area contributed by atoms with Gasteiger partial charge in [0.15, 0.2) is 0 Å². The van der Waals surface area contributed by atoms with Gasteiger partial charge in [0.1, 0.15) is 0 Å². The molecule has 5 heteroatoms. The third-order valence-corrected chi connectivity index (χ3v) is 4.41. The molecule has 0 amide bonds. The predicted octanol–water partition coefficient (Wildman–Crippen LogP) is 3.11. The summed E-state index contributed by atoms with van der Waals surface area (Å²) in [4.78, 5) is 2.19. The van der Waals surface area contributed by atoms with E-state index in [1.807, 2.05) is 0 Å². The molecule has 0 saturated carbocycles. The summed E-state index contributed by atoms with van der Waals surface area (Å²) in [6.45, 7) is 9.91. The normalized spacial score (nSPS) is 11.7. The molecule has 0 spiro atoms. The minimum absolute atomic E-state index is 0.183. The van der Waals surface area contributed by atoms with Gasteiger partial charge in [-0.25, -0.2) is 0 Å². The van der Waals surface area contributed by atoms with E-state index in [0.717, 1.165) is 18.7 Å². The van der Waals surface area contributed by atoms with Gasteiger partial charge in [0.2, 0.25) is 0 Å². The van der Waals surface area contributed by atoms with Crippen molar-refractivity contribution in [3.63, 3.8) is 0 Å². The first-order valence-corrected chi connectivity index (χ1v) is 8.63. The van der Waals surface area contributed by atoms with Crippen LogP contribution in [0.2, 0.25) is 0 Å². The van der Waals surface area contributed by atoms with Crippen LogP contribution in [0.5, 0.6) is 0 Å². The Hall–Kier alpha value is -1.07. The van der Waals surface area contributed by atoms with E-state index < -0.39 is 10.1 Å². The van der Waals surface area contributed by atoms with Crippen LogP contribution in [0.25, 0.3) is 0 Å². The van der Waals surface area contributed by atoms with Gasteiger partial charge < -0.3 is 4.90 Å². The zero-order valence-corrected chi connectivity index (χ0v) is 13.6. The topological polar surface area (TPSA) is 57.6 Å². The van der Waals surface area contributed by atoms with Crippen molar-refractivity contribution in [3.05, 3.63) is 28.8 Å². The Bertz CT molecular complexity index is 529. The third-order valence-electron chi connectivity index (χ3n) is 3.60. The van der Waals surface area contributed by atoms with Crippen LogP contribution in [0.4, 0.5) is 5.69 Å². The molecule has 114 valence electrons. The fraction of sp³-hybridized carbons (Fsp3) is 0.600. The van der Waals surface area contributed by atoms with Gasteiger partial charge in [-0.15, -0.1) is 0 Å². The highest BCUT2D eigenvalue weighted by Gasteiger charge is 2.11. The average molecular weight is 299 g/mol. The second-order valence-corrected chi connectivity index (χ2v) is 6.90. The number of anilines is 1. The van der Waals surface area contributed by atoms with Gasteiger partial charge in [-0.1, -0.05) is 6.92 Å². The minimum Gasteiger partial charge on any atom is -0.371 e. The number of nitrogens with zero attached hydrogens (tertiary/aromatic N) is 1. The SMILES string of the molecule is CCCN(CCCS(=O)(=O)O)c1cc(C)c(C)c(C)c1. The predicted molar refractivity (Wildman–Crippen MR) is 84.2 cm³/mol. The molecule has 0 atom stereocenters. The summed E-state index contributed by atoms with van der Waals surface area (Å²) in [7, 11) is -3.87. The van der Waals surface area contributed by atoms with Gasteiger partial charge in [-0.3, -0.25) is 4.55 Å². The summed E-state index contributed by atoms with van der Waals surface area (Å²) in [6, 6.07) is 4.29. The van der Waals surface area contributed by atoms with Crippen molar-refractivity contribution in [1.29, 1.82) is 0 Å². The van der Waals surface area contributed by atoms with Gasteiger partial charge in [-0.2, -0.15) is 8.42 Å². The van der Waals surface area contributed by atoms with Crippen LogP contribution in [0.1, 0.15) is 36.5 Å². The van der Waals surface area contributed by atoms with Crippen LogP contribution >= 0.6 is 0 Å². The van der Waals surface area contributed by atoms with Crippen LogP contribution in [-0.2, 0) is 10.1 Å². The lowest BCUT2D eigenvalue weighted by Crippen LogP contribution is -2.27. The summed E-state index contributed by atoms with van der Waals surface area (Å²) < 4.78 is 30.4. The van der Waals surface area contributed by atoms with E-state index >= 15 is 0 Å². The maximum Gasteiger partial charge on any atom is 0.264 e. The van der Waals surface area contributed by atoms with E-state index in [1.165, 1.54) is 16.7 Å². The molecular weight excluding hydrogens is 274 g/mol. The standard InChI is InChI=1S/C15H25NO3S/c1-5-7-16(8-6-9-20(17,18)19)15-10-12(2)14(4)13(3)11-15/h10-11H,5-9H2,1-4H3,(H,17,18,19). The molecule has 0 radical (unpaired) electrons. The first-order chi connectivity index (χ1) is 9.24. The van der Waals surface area contributed by atoms with Gasteiger partial charge >= 0.3 is 0 Å². The van der Waals surface area contributed by atoms with Crippen molar-refractivity contribution in [1.82, 2.24) is 0 Å². The molecule has 20 heavy (non-hydrogen) atoms. The maximum atomic E-state index is 10.8. The zero-order valence-electron chi connectivity index (χ0n) is 12.8. The number of aryl methyl sites for hydroxylation is 2. The smallest absolute Gasteiger partial charge is 0.264 e. The molecule has 1 aromatic rings.